The molecular formula is C15H18F3N3O. The zero-order chi connectivity index (χ0) is 16.0. The third kappa shape index (κ3) is 4.98. The molecule has 0 atom stereocenters. The minimum atomic E-state index is -4.70. The summed E-state index contributed by atoms with van der Waals surface area (Å²) >= 11 is 0. The van der Waals surface area contributed by atoms with E-state index in [0.717, 1.165) is 12.8 Å². The Morgan fingerprint density at radius 2 is 1.95 bits per heavy atom. The van der Waals surface area contributed by atoms with Gasteiger partial charge in [-0.05, 0) is 18.9 Å². The molecule has 7 heteroatoms. The molecule has 120 valence electrons. The van der Waals surface area contributed by atoms with Gasteiger partial charge in [0.1, 0.15) is 5.75 Å². The van der Waals surface area contributed by atoms with Gasteiger partial charge in [-0.2, -0.15) is 0 Å². The van der Waals surface area contributed by atoms with Crippen molar-refractivity contribution in [2.45, 2.75) is 31.8 Å². The largest absolute Gasteiger partial charge is 0.573 e. The molecule has 0 unspecified atom stereocenters. The van der Waals surface area contributed by atoms with Gasteiger partial charge in [0.05, 0.1) is 0 Å². The Kier molecular flexibility index (Phi) is 5.30. The third-order valence-corrected chi connectivity index (χ3v) is 3.22. The summed E-state index contributed by atoms with van der Waals surface area (Å²) in [5.74, 6) is 0.344. The van der Waals surface area contributed by atoms with Crippen molar-refractivity contribution < 1.29 is 17.9 Å². The maximum atomic E-state index is 12.4. The summed E-state index contributed by atoms with van der Waals surface area (Å²) in [5, 5.41) is 6.22. The van der Waals surface area contributed by atoms with E-state index in [1.54, 1.807) is 19.2 Å². The Balaban J connectivity index is 1.95. The Hall–Kier alpha value is -2.18. The lowest BCUT2D eigenvalue weighted by Crippen LogP contribution is -2.42. The van der Waals surface area contributed by atoms with Gasteiger partial charge in [-0.25, -0.2) is 0 Å². The monoisotopic (exact) mass is 313 g/mol. The number of rotatable bonds is 4. The summed E-state index contributed by atoms with van der Waals surface area (Å²) in [6.45, 7) is 0.187. The van der Waals surface area contributed by atoms with Gasteiger partial charge in [-0.1, -0.05) is 30.4 Å². The van der Waals surface area contributed by atoms with E-state index >= 15 is 0 Å². The van der Waals surface area contributed by atoms with Gasteiger partial charge in [0, 0.05) is 25.2 Å². The number of aliphatic imine (C=N–C) groups is 1. The molecule has 0 radical (unpaired) electrons. The summed E-state index contributed by atoms with van der Waals surface area (Å²) in [5.41, 5.74) is 0.410. The van der Waals surface area contributed by atoms with Crippen molar-refractivity contribution in [2.24, 2.45) is 4.99 Å². The van der Waals surface area contributed by atoms with Crippen LogP contribution in [-0.4, -0.2) is 25.4 Å². The summed E-state index contributed by atoms with van der Waals surface area (Å²) < 4.78 is 41.1. The van der Waals surface area contributed by atoms with Gasteiger partial charge >= 0.3 is 6.36 Å². The first-order valence-electron chi connectivity index (χ1n) is 6.94. The van der Waals surface area contributed by atoms with Crippen LogP contribution >= 0.6 is 0 Å². The van der Waals surface area contributed by atoms with Crippen molar-refractivity contribution >= 4 is 5.96 Å². The number of nitrogens with one attached hydrogen (secondary N) is 2. The summed E-state index contributed by atoms with van der Waals surface area (Å²) in [4.78, 5) is 4.07. The molecule has 0 amide bonds. The predicted octanol–water partition coefficient (Wildman–Crippen LogP) is 2.97. The van der Waals surface area contributed by atoms with Gasteiger partial charge in [0.25, 0.3) is 0 Å². The maximum Gasteiger partial charge on any atom is 0.573 e. The molecule has 22 heavy (non-hydrogen) atoms. The van der Waals surface area contributed by atoms with Crippen LogP contribution in [0.4, 0.5) is 13.2 Å². The van der Waals surface area contributed by atoms with Gasteiger partial charge in [-0.15, -0.1) is 13.2 Å². The number of halogens is 3. The standard InChI is InChI=1S/C15H18F3N3O/c1-19-14(21-12-7-3-4-8-12)20-10-11-6-2-5-9-13(11)22-15(16,17)18/h2-6,9,12H,7-8,10H2,1H3,(H2,19,20,21). The highest BCUT2D eigenvalue weighted by molar-refractivity contribution is 5.80. The van der Waals surface area contributed by atoms with Crippen molar-refractivity contribution in [2.75, 3.05) is 7.05 Å². The van der Waals surface area contributed by atoms with Gasteiger partial charge in [0.15, 0.2) is 5.96 Å². The molecule has 0 aromatic heterocycles. The quantitative estimate of drug-likeness (QED) is 0.510. The van der Waals surface area contributed by atoms with E-state index in [1.165, 1.54) is 12.1 Å². The van der Waals surface area contributed by atoms with Crippen LogP contribution in [0.2, 0.25) is 0 Å². The Morgan fingerprint density at radius 1 is 1.27 bits per heavy atom. The molecule has 0 fully saturated rings. The lowest BCUT2D eigenvalue weighted by Gasteiger charge is -2.18. The highest BCUT2D eigenvalue weighted by atomic mass is 19.4. The van der Waals surface area contributed by atoms with Crippen LogP contribution in [0.15, 0.2) is 41.4 Å². The molecule has 2 N–H and O–H groups in total. The van der Waals surface area contributed by atoms with Crippen molar-refractivity contribution in [1.82, 2.24) is 10.6 Å². The molecule has 0 saturated heterocycles. The van der Waals surface area contributed by atoms with E-state index in [9.17, 15) is 13.2 Å². The van der Waals surface area contributed by atoms with Crippen molar-refractivity contribution in [1.29, 1.82) is 0 Å². The van der Waals surface area contributed by atoms with Crippen LogP contribution in [0.3, 0.4) is 0 Å². The molecule has 1 aliphatic carbocycles. The van der Waals surface area contributed by atoms with Crippen LogP contribution < -0.4 is 15.4 Å². The van der Waals surface area contributed by atoms with Gasteiger partial charge < -0.3 is 15.4 Å². The smallest absolute Gasteiger partial charge is 0.405 e. The number of ether oxygens (including phenoxy) is 1. The first kappa shape index (κ1) is 16.2. The second kappa shape index (κ2) is 7.20. The van der Waals surface area contributed by atoms with E-state index < -0.39 is 6.36 Å². The van der Waals surface area contributed by atoms with Crippen LogP contribution in [0.25, 0.3) is 0 Å². The van der Waals surface area contributed by atoms with E-state index in [0.29, 0.717) is 11.5 Å². The first-order chi connectivity index (χ1) is 10.5. The molecule has 0 spiro atoms. The second-order valence-corrected chi connectivity index (χ2v) is 4.87. The number of benzene rings is 1. The molecule has 4 nitrogen and oxygen atoms in total. The van der Waals surface area contributed by atoms with Crippen molar-refractivity contribution in [3.05, 3.63) is 42.0 Å². The highest BCUT2D eigenvalue weighted by Gasteiger charge is 2.31. The second-order valence-electron chi connectivity index (χ2n) is 4.87. The molecular weight excluding hydrogens is 295 g/mol. The number of guanidine groups is 1. The molecule has 0 heterocycles. The molecule has 1 aromatic rings. The van der Waals surface area contributed by atoms with E-state index in [4.69, 9.17) is 0 Å². The average Bonchev–Trinajstić information content (AvgIpc) is 2.96. The molecule has 1 aromatic carbocycles. The normalized spacial score (nSPS) is 15.9. The summed E-state index contributed by atoms with van der Waals surface area (Å²) in [6.07, 6.45) is 1.28. The zero-order valence-corrected chi connectivity index (χ0v) is 12.2. The van der Waals surface area contributed by atoms with E-state index in [1.807, 2.05) is 0 Å². The van der Waals surface area contributed by atoms with Crippen LogP contribution in [0.1, 0.15) is 18.4 Å². The minimum absolute atomic E-state index is 0.187. The van der Waals surface area contributed by atoms with Crippen LogP contribution in [0, 0.1) is 0 Å². The number of nitrogens with zero attached hydrogens (tertiary/aromatic N) is 1. The lowest BCUT2D eigenvalue weighted by molar-refractivity contribution is -0.274. The van der Waals surface area contributed by atoms with E-state index in [-0.39, 0.29) is 18.3 Å². The fourth-order valence-corrected chi connectivity index (χ4v) is 2.18. The highest BCUT2D eigenvalue weighted by Crippen LogP contribution is 2.26. The molecule has 0 aliphatic heterocycles. The maximum absolute atomic E-state index is 12.4. The number of alkyl halides is 3. The third-order valence-electron chi connectivity index (χ3n) is 3.22. The summed E-state index contributed by atoms with van der Waals surface area (Å²) in [7, 11) is 1.62. The minimum Gasteiger partial charge on any atom is -0.405 e. The molecule has 2 rings (SSSR count). The number of para-hydroxylation sites is 1. The fraction of sp³-hybridized carbons (Fsp3) is 0.400. The van der Waals surface area contributed by atoms with Gasteiger partial charge in [-0.3, -0.25) is 4.99 Å². The van der Waals surface area contributed by atoms with Crippen molar-refractivity contribution in [3.63, 3.8) is 0 Å². The summed E-state index contributed by atoms with van der Waals surface area (Å²) in [6, 6.07) is 6.31. The lowest BCUT2D eigenvalue weighted by atomic mass is 10.2. The molecule has 1 aliphatic rings. The molecule has 0 saturated carbocycles. The number of hydrogen-bond donors (Lipinski definition) is 2. The number of hydrogen-bond acceptors (Lipinski definition) is 2. The fourth-order valence-electron chi connectivity index (χ4n) is 2.18. The predicted molar refractivity (Wildman–Crippen MR) is 78.6 cm³/mol. The topological polar surface area (TPSA) is 45.7 Å². The van der Waals surface area contributed by atoms with Crippen molar-refractivity contribution in [3.8, 4) is 5.75 Å². The van der Waals surface area contributed by atoms with E-state index in [2.05, 4.69) is 32.5 Å². The molecule has 0 bridgehead atoms. The SMILES string of the molecule is CN=C(NCc1ccccc1OC(F)(F)F)NC1CC=CC1. The Bertz CT molecular complexity index is 547. The average molecular weight is 313 g/mol. The zero-order valence-electron chi connectivity index (χ0n) is 12.2. The first-order valence-corrected chi connectivity index (χ1v) is 6.94. The Morgan fingerprint density at radius 3 is 2.59 bits per heavy atom. The van der Waals surface area contributed by atoms with Gasteiger partial charge in [0.2, 0.25) is 0 Å². The van der Waals surface area contributed by atoms with Crippen LogP contribution in [0.5, 0.6) is 5.75 Å². The van der Waals surface area contributed by atoms with Crippen LogP contribution in [-0.2, 0) is 6.54 Å². The Labute approximate surface area is 127 Å².